The van der Waals surface area contributed by atoms with E-state index in [0.717, 1.165) is 12.3 Å². The molecule has 0 aliphatic heterocycles. The van der Waals surface area contributed by atoms with E-state index in [1.807, 2.05) is 13.2 Å². The van der Waals surface area contributed by atoms with Gasteiger partial charge in [0.2, 0.25) is 5.91 Å². The number of carbonyl (C=O) groups excluding carboxylic acids is 1. The third-order valence-corrected chi connectivity index (χ3v) is 1.68. The summed E-state index contributed by atoms with van der Waals surface area (Å²) < 4.78 is 4.91. The average Bonchev–Trinajstić information content (AvgIpc) is 2.01. The molecule has 0 heterocycles. The van der Waals surface area contributed by atoms with Gasteiger partial charge >= 0.3 is 0 Å². The van der Waals surface area contributed by atoms with Crippen molar-refractivity contribution in [2.24, 2.45) is 0 Å². The highest BCUT2D eigenvalue weighted by Crippen LogP contribution is 1.86. The number of hydrogen-bond acceptors (Lipinski definition) is 3. The van der Waals surface area contributed by atoms with E-state index in [1.54, 1.807) is 11.8 Å². The lowest BCUT2D eigenvalue weighted by Crippen LogP contribution is -2.29. The van der Waals surface area contributed by atoms with Gasteiger partial charge in [-0.2, -0.15) is 11.8 Å². The molecule has 0 fully saturated rings. The summed E-state index contributed by atoms with van der Waals surface area (Å²) in [6, 6.07) is 0. The number of thioether (sulfide) groups is 1. The zero-order valence-corrected chi connectivity index (χ0v) is 7.87. The SMILES string of the molecule is CCOCC(=O)NCCSC. The van der Waals surface area contributed by atoms with Gasteiger partial charge in [0.05, 0.1) is 0 Å². The molecule has 0 aliphatic carbocycles. The van der Waals surface area contributed by atoms with Crippen LogP contribution in [0.4, 0.5) is 0 Å². The second kappa shape index (κ2) is 7.88. The van der Waals surface area contributed by atoms with Crippen LogP contribution in [0.2, 0.25) is 0 Å². The topological polar surface area (TPSA) is 38.3 Å². The molecule has 0 aromatic heterocycles. The third kappa shape index (κ3) is 7.68. The Bertz CT molecular complexity index is 109. The summed E-state index contributed by atoms with van der Waals surface area (Å²) in [6.07, 6.45) is 2.01. The van der Waals surface area contributed by atoms with E-state index in [9.17, 15) is 4.79 Å². The van der Waals surface area contributed by atoms with E-state index in [4.69, 9.17) is 4.74 Å². The minimum absolute atomic E-state index is 0.0269. The van der Waals surface area contributed by atoms with Crippen LogP contribution in [0.15, 0.2) is 0 Å². The summed E-state index contributed by atoms with van der Waals surface area (Å²) in [5.41, 5.74) is 0. The van der Waals surface area contributed by atoms with Gasteiger partial charge < -0.3 is 10.1 Å². The number of rotatable bonds is 6. The van der Waals surface area contributed by atoms with Crippen LogP contribution in [0.1, 0.15) is 6.92 Å². The van der Waals surface area contributed by atoms with Crippen molar-refractivity contribution >= 4 is 17.7 Å². The minimum atomic E-state index is -0.0269. The molecule has 0 spiro atoms. The molecular formula is C7H15NO2S. The van der Waals surface area contributed by atoms with E-state index in [-0.39, 0.29) is 12.5 Å². The first kappa shape index (κ1) is 10.8. The molecule has 1 amide bonds. The molecular weight excluding hydrogens is 162 g/mol. The number of ether oxygens (including phenoxy) is 1. The molecule has 0 atom stereocenters. The first-order valence-electron chi connectivity index (χ1n) is 3.64. The van der Waals surface area contributed by atoms with Crippen LogP contribution < -0.4 is 5.32 Å². The molecule has 0 bridgehead atoms. The largest absolute Gasteiger partial charge is 0.372 e. The van der Waals surface area contributed by atoms with Crippen molar-refractivity contribution in [2.45, 2.75) is 6.92 Å². The van der Waals surface area contributed by atoms with Gasteiger partial charge in [0.15, 0.2) is 0 Å². The first-order chi connectivity index (χ1) is 5.31. The lowest BCUT2D eigenvalue weighted by molar-refractivity contribution is -0.125. The number of carbonyl (C=O) groups is 1. The summed E-state index contributed by atoms with van der Waals surface area (Å²) in [4.78, 5) is 10.8. The molecule has 1 N–H and O–H groups in total. The summed E-state index contributed by atoms with van der Waals surface area (Å²) >= 11 is 1.71. The monoisotopic (exact) mass is 177 g/mol. The Hall–Kier alpha value is -0.220. The normalized spacial score (nSPS) is 9.64. The standard InChI is InChI=1S/C7H15NO2S/c1-3-10-6-7(9)8-4-5-11-2/h3-6H2,1-2H3,(H,8,9). The van der Waals surface area contributed by atoms with Crippen LogP contribution in [0.3, 0.4) is 0 Å². The minimum Gasteiger partial charge on any atom is -0.372 e. The molecule has 66 valence electrons. The second-order valence-electron chi connectivity index (χ2n) is 1.98. The van der Waals surface area contributed by atoms with E-state index >= 15 is 0 Å². The van der Waals surface area contributed by atoms with Crippen LogP contribution in [-0.2, 0) is 9.53 Å². The van der Waals surface area contributed by atoms with Gasteiger partial charge in [-0.25, -0.2) is 0 Å². The fourth-order valence-corrected chi connectivity index (χ4v) is 0.844. The zero-order valence-electron chi connectivity index (χ0n) is 7.05. The predicted molar refractivity (Wildman–Crippen MR) is 47.9 cm³/mol. The first-order valence-corrected chi connectivity index (χ1v) is 5.04. The van der Waals surface area contributed by atoms with Crippen LogP contribution in [-0.4, -0.2) is 37.7 Å². The van der Waals surface area contributed by atoms with Crippen molar-refractivity contribution < 1.29 is 9.53 Å². The number of hydrogen-bond donors (Lipinski definition) is 1. The van der Waals surface area contributed by atoms with Gasteiger partial charge in [0.1, 0.15) is 6.61 Å². The Kier molecular flexibility index (Phi) is 7.72. The maximum Gasteiger partial charge on any atom is 0.246 e. The van der Waals surface area contributed by atoms with E-state index in [2.05, 4.69) is 5.32 Å². The van der Waals surface area contributed by atoms with Gasteiger partial charge in [0, 0.05) is 18.9 Å². The zero-order chi connectivity index (χ0) is 8.53. The molecule has 0 aliphatic rings. The van der Waals surface area contributed by atoms with Crippen LogP contribution in [0.5, 0.6) is 0 Å². The Morgan fingerprint density at radius 3 is 2.91 bits per heavy atom. The van der Waals surface area contributed by atoms with E-state index in [0.29, 0.717) is 6.61 Å². The summed E-state index contributed by atoms with van der Waals surface area (Å²) in [5, 5.41) is 2.73. The van der Waals surface area contributed by atoms with Crippen LogP contribution in [0, 0.1) is 0 Å². The summed E-state index contributed by atoms with van der Waals surface area (Å²) in [7, 11) is 0. The highest BCUT2D eigenvalue weighted by atomic mass is 32.2. The molecule has 0 saturated carbocycles. The number of nitrogens with one attached hydrogen (secondary N) is 1. The van der Waals surface area contributed by atoms with Gasteiger partial charge in [-0.1, -0.05) is 0 Å². The second-order valence-corrected chi connectivity index (χ2v) is 2.97. The van der Waals surface area contributed by atoms with Gasteiger partial charge in [-0.15, -0.1) is 0 Å². The predicted octanol–water partition coefficient (Wildman–Crippen LogP) is 0.502. The van der Waals surface area contributed by atoms with Crippen molar-refractivity contribution in [3.63, 3.8) is 0 Å². The average molecular weight is 177 g/mol. The van der Waals surface area contributed by atoms with Crippen molar-refractivity contribution in [3.05, 3.63) is 0 Å². The summed E-state index contributed by atoms with van der Waals surface area (Å²) in [5.74, 6) is 0.929. The lowest BCUT2D eigenvalue weighted by atomic mass is 10.6. The van der Waals surface area contributed by atoms with E-state index < -0.39 is 0 Å². The molecule has 0 aromatic carbocycles. The third-order valence-electron chi connectivity index (χ3n) is 1.07. The molecule has 0 saturated heterocycles. The molecule has 0 unspecified atom stereocenters. The maximum atomic E-state index is 10.8. The fourth-order valence-electron chi connectivity index (χ4n) is 0.538. The molecule has 0 rings (SSSR count). The van der Waals surface area contributed by atoms with Gasteiger partial charge in [0.25, 0.3) is 0 Å². The Labute approximate surface area is 71.9 Å². The number of amides is 1. The van der Waals surface area contributed by atoms with Crippen molar-refractivity contribution in [1.82, 2.24) is 5.32 Å². The maximum absolute atomic E-state index is 10.8. The lowest BCUT2D eigenvalue weighted by Gasteiger charge is -2.02. The smallest absolute Gasteiger partial charge is 0.246 e. The molecule has 11 heavy (non-hydrogen) atoms. The van der Waals surface area contributed by atoms with Gasteiger partial charge in [-0.3, -0.25) is 4.79 Å². The molecule has 3 nitrogen and oxygen atoms in total. The highest BCUT2D eigenvalue weighted by molar-refractivity contribution is 7.98. The summed E-state index contributed by atoms with van der Waals surface area (Å²) in [6.45, 7) is 3.38. The quantitative estimate of drug-likeness (QED) is 0.600. The van der Waals surface area contributed by atoms with Gasteiger partial charge in [-0.05, 0) is 13.2 Å². The Morgan fingerprint density at radius 2 is 2.36 bits per heavy atom. The van der Waals surface area contributed by atoms with E-state index in [1.165, 1.54) is 0 Å². The van der Waals surface area contributed by atoms with Crippen LogP contribution in [0.25, 0.3) is 0 Å². The Morgan fingerprint density at radius 1 is 1.64 bits per heavy atom. The van der Waals surface area contributed by atoms with Crippen LogP contribution >= 0.6 is 11.8 Å². The van der Waals surface area contributed by atoms with Crippen molar-refractivity contribution in [2.75, 3.05) is 31.8 Å². The molecule has 0 radical (unpaired) electrons. The highest BCUT2D eigenvalue weighted by Gasteiger charge is 1.97. The van der Waals surface area contributed by atoms with Crippen molar-refractivity contribution in [3.8, 4) is 0 Å². The fraction of sp³-hybridized carbons (Fsp3) is 0.857. The molecule has 0 aromatic rings. The Balaban J connectivity index is 3.09. The molecule has 4 heteroatoms. The van der Waals surface area contributed by atoms with Crippen molar-refractivity contribution in [1.29, 1.82) is 0 Å².